The molecule has 0 fully saturated rings. The molecule has 6 heteroatoms. The van der Waals surface area contributed by atoms with E-state index in [0.29, 0.717) is 5.56 Å². The number of rotatable bonds is 4. The predicted octanol–water partition coefficient (Wildman–Crippen LogP) is 2.85. The van der Waals surface area contributed by atoms with Crippen molar-refractivity contribution in [2.24, 2.45) is 0 Å². The molecule has 18 heavy (non-hydrogen) atoms. The molecule has 0 heterocycles. The van der Waals surface area contributed by atoms with Crippen LogP contribution in [-0.2, 0) is 14.9 Å². The molecule has 0 saturated heterocycles. The quantitative estimate of drug-likeness (QED) is 0.831. The van der Waals surface area contributed by atoms with Crippen molar-refractivity contribution in [3.63, 3.8) is 0 Å². The van der Waals surface area contributed by atoms with Crippen LogP contribution < -0.4 is 0 Å². The Bertz CT molecular complexity index is 368. The molecule has 0 aliphatic heterocycles. The molecule has 1 rings (SSSR count). The van der Waals surface area contributed by atoms with E-state index in [0.717, 1.165) is 12.8 Å². The molecule has 0 atom stereocenters. The van der Waals surface area contributed by atoms with E-state index in [1.807, 2.05) is 19.9 Å². The fraction of sp³-hybridized carbons (Fsp3) is 0.500. The highest BCUT2D eigenvalue weighted by molar-refractivity contribution is 7.30. The van der Waals surface area contributed by atoms with E-state index in [4.69, 9.17) is 19.1 Å². The Labute approximate surface area is 107 Å². The summed E-state index contributed by atoms with van der Waals surface area (Å²) in [5.74, 6) is -0.182. The van der Waals surface area contributed by atoms with Crippen molar-refractivity contribution in [3.05, 3.63) is 35.6 Å². The van der Waals surface area contributed by atoms with Crippen molar-refractivity contribution in [3.8, 4) is 0 Å². The summed E-state index contributed by atoms with van der Waals surface area (Å²) in [6.45, 7) is 4.03. The van der Waals surface area contributed by atoms with E-state index < -0.39 is 13.9 Å². The van der Waals surface area contributed by atoms with E-state index >= 15 is 0 Å². The van der Waals surface area contributed by atoms with Crippen molar-refractivity contribution >= 4 is 8.25 Å². The minimum Gasteiger partial charge on any atom is -0.373 e. The van der Waals surface area contributed by atoms with Gasteiger partial charge < -0.3 is 14.5 Å². The molecular weight excluding hydrogens is 258 g/mol. The monoisotopic (exact) mass is 278 g/mol. The molecule has 0 aromatic heterocycles. The van der Waals surface area contributed by atoms with E-state index in [-0.39, 0.29) is 5.82 Å². The molecule has 2 N–H and O–H groups in total. The summed E-state index contributed by atoms with van der Waals surface area (Å²) in [7, 11) is -1.49. The molecule has 0 spiro atoms. The first-order chi connectivity index (χ1) is 8.43. The highest BCUT2D eigenvalue weighted by atomic mass is 31.1. The Hall–Kier alpha value is -0.740. The number of hydrogen-bond donors (Lipinski definition) is 2. The maximum atomic E-state index is 13.6. The van der Waals surface area contributed by atoms with Crippen LogP contribution in [0.5, 0.6) is 0 Å². The first-order valence-corrected chi connectivity index (χ1v) is 6.95. The van der Waals surface area contributed by atoms with Gasteiger partial charge in [0.15, 0.2) is 0 Å². The van der Waals surface area contributed by atoms with E-state index in [2.05, 4.69) is 0 Å². The Morgan fingerprint density at radius 1 is 1.28 bits per heavy atom. The van der Waals surface area contributed by atoms with Crippen LogP contribution in [0.25, 0.3) is 0 Å². The van der Waals surface area contributed by atoms with Gasteiger partial charge in [-0.3, -0.25) is 4.57 Å². The third-order valence-electron chi connectivity index (χ3n) is 2.90. The van der Waals surface area contributed by atoms with Crippen molar-refractivity contribution in [2.45, 2.75) is 32.3 Å². The summed E-state index contributed by atoms with van der Waals surface area (Å²) in [5.41, 5.74) is 0.193. The van der Waals surface area contributed by atoms with Gasteiger partial charge in [-0.2, -0.15) is 0 Å². The van der Waals surface area contributed by atoms with Crippen molar-refractivity contribution in [1.82, 2.24) is 0 Å². The summed E-state index contributed by atoms with van der Waals surface area (Å²) in [5, 5.41) is 0. The largest absolute Gasteiger partial charge is 0.373 e. The van der Waals surface area contributed by atoms with Gasteiger partial charge >= 0.3 is 8.25 Å². The number of benzene rings is 1. The normalized spacial score (nSPS) is 11.1. The standard InChI is InChI=1S/C12H17FO.H3O3P/c1-4-12(5-2,14-3)10-8-6-7-9-11(10)13;1-4(2)3/h6-9H,4-5H2,1-3H3;4H,(H2,1,2,3). The van der Waals surface area contributed by atoms with E-state index in [1.54, 1.807) is 19.2 Å². The van der Waals surface area contributed by atoms with Gasteiger partial charge in [0.25, 0.3) is 0 Å². The number of hydrogen-bond acceptors (Lipinski definition) is 2. The predicted molar refractivity (Wildman–Crippen MR) is 69.1 cm³/mol. The smallest absolute Gasteiger partial charge is 0.314 e. The van der Waals surface area contributed by atoms with Crippen LogP contribution in [0.3, 0.4) is 0 Å². The van der Waals surface area contributed by atoms with Crippen molar-refractivity contribution < 1.29 is 23.5 Å². The topological polar surface area (TPSA) is 66.8 Å². The van der Waals surface area contributed by atoms with Gasteiger partial charge in [0.1, 0.15) is 5.82 Å². The van der Waals surface area contributed by atoms with Crippen LogP contribution in [-0.4, -0.2) is 16.9 Å². The minimum atomic E-state index is -3.13. The lowest BCUT2D eigenvalue weighted by atomic mass is 9.88. The zero-order valence-corrected chi connectivity index (χ0v) is 11.8. The van der Waals surface area contributed by atoms with E-state index in [9.17, 15) is 4.39 Å². The van der Waals surface area contributed by atoms with Crippen LogP contribution >= 0.6 is 8.25 Å². The van der Waals surface area contributed by atoms with Gasteiger partial charge in [-0.05, 0) is 18.9 Å². The van der Waals surface area contributed by atoms with Crippen LogP contribution in [0.2, 0.25) is 0 Å². The lowest BCUT2D eigenvalue weighted by Gasteiger charge is -2.31. The molecule has 0 bridgehead atoms. The van der Waals surface area contributed by atoms with Gasteiger partial charge in [0.2, 0.25) is 0 Å². The molecule has 0 unspecified atom stereocenters. The second kappa shape index (κ2) is 8.38. The summed E-state index contributed by atoms with van der Waals surface area (Å²) in [6.07, 6.45) is 1.56. The SMILES string of the molecule is CCC(CC)(OC)c1ccccc1F.O=[PH](O)O. The number of halogens is 1. The molecule has 0 radical (unpaired) electrons. The first kappa shape index (κ1) is 17.3. The number of ether oxygens (including phenoxy) is 1. The van der Waals surface area contributed by atoms with Crippen LogP contribution in [0.15, 0.2) is 24.3 Å². The minimum absolute atomic E-state index is 0.182. The van der Waals surface area contributed by atoms with E-state index in [1.165, 1.54) is 6.07 Å². The molecule has 1 aromatic rings. The second-order valence-corrected chi connectivity index (χ2v) is 4.23. The van der Waals surface area contributed by atoms with Gasteiger partial charge in [0.05, 0.1) is 5.60 Å². The fourth-order valence-corrected chi connectivity index (χ4v) is 1.86. The molecule has 4 nitrogen and oxygen atoms in total. The molecule has 0 amide bonds. The molecule has 0 aliphatic rings. The Morgan fingerprint density at radius 3 is 2.06 bits per heavy atom. The van der Waals surface area contributed by atoms with Gasteiger partial charge in [0, 0.05) is 12.7 Å². The second-order valence-electron chi connectivity index (χ2n) is 3.67. The Balaban J connectivity index is 0.000000631. The summed E-state index contributed by atoms with van der Waals surface area (Å²) in [6, 6.07) is 6.82. The van der Waals surface area contributed by atoms with Crippen molar-refractivity contribution in [2.75, 3.05) is 7.11 Å². The average Bonchev–Trinajstić information content (AvgIpc) is 2.33. The summed E-state index contributed by atoms with van der Waals surface area (Å²) < 4.78 is 27.8. The van der Waals surface area contributed by atoms with Gasteiger partial charge in [-0.1, -0.05) is 32.0 Å². The highest BCUT2D eigenvalue weighted by Crippen LogP contribution is 2.33. The molecule has 0 saturated carbocycles. The van der Waals surface area contributed by atoms with Crippen molar-refractivity contribution in [1.29, 1.82) is 0 Å². The van der Waals surface area contributed by atoms with Crippen LogP contribution in [0.4, 0.5) is 4.39 Å². The van der Waals surface area contributed by atoms with Gasteiger partial charge in [-0.25, -0.2) is 4.39 Å². The average molecular weight is 278 g/mol. The van der Waals surface area contributed by atoms with Gasteiger partial charge in [-0.15, -0.1) is 0 Å². The van der Waals surface area contributed by atoms with Crippen LogP contribution in [0, 0.1) is 5.82 Å². The Kier molecular flexibility index (Phi) is 8.03. The summed E-state index contributed by atoms with van der Waals surface area (Å²) >= 11 is 0. The number of methoxy groups -OCH3 is 1. The van der Waals surface area contributed by atoms with Crippen LogP contribution in [0.1, 0.15) is 32.3 Å². The maximum Gasteiger partial charge on any atom is 0.314 e. The third kappa shape index (κ3) is 4.86. The summed E-state index contributed by atoms with van der Waals surface area (Å²) in [4.78, 5) is 14.3. The maximum absolute atomic E-state index is 13.6. The molecular formula is C12H20FO4P. The Morgan fingerprint density at radius 2 is 1.72 bits per heavy atom. The highest BCUT2D eigenvalue weighted by Gasteiger charge is 2.30. The molecule has 104 valence electrons. The molecule has 0 aliphatic carbocycles. The zero-order valence-electron chi connectivity index (χ0n) is 10.8. The third-order valence-corrected chi connectivity index (χ3v) is 2.90. The molecule has 1 aromatic carbocycles. The zero-order chi connectivity index (χ0) is 14.2. The fourth-order valence-electron chi connectivity index (χ4n) is 1.86. The first-order valence-electron chi connectivity index (χ1n) is 5.65. The lowest BCUT2D eigenvalue weighted by Crippen LogP contribution is -2.27. The lowest BCUT2D eigenvalue weighted by molar-refractivity contribution is -0.0244.